The Labute approximate surface area is 165 Å². The van der Waals surface area contributed by atoms with Crippen molar-refractivity contribution in [2.75, 3.05) is 49.2 Å². The number of hydrogen-bond acceptors (Lipinski definition) is 6. The van der Waals surface area contributed by atoms with Crippen molar-refractivity contribution < 1.29 is 9.53 Å². The molecule has 0 atom stereocenters. The van der Waals surface area contributed by atoms with Gasteiger partial charge >= 0.3 is 0 Å². The first kappa shape index (κ1) is 18.7. The Morgan fingerprint density at radius 2 is 1.93 bits per heavy atom. The number of rotatable bonds is 5. The van der Waals surface area contributed by atoms with Crippen molar-refractivity contribution in [3.8, 4) is 0 Å². The van der Waals surface area contributed by atoms with E-state index in [2.05, 4.69) is 31.2 Å². The van der Waals surface area contributed by atoms with Crippen LogP contribution in [0, 0.1) is 6.92 Å². The van der Waals surface area contributed by atoms with Crippen LogP contribution in [0.1, 0.15) is 34.5 Å². The molecule has 0 saturated carbocycles. The molecular weight excluding hydrogens is 354 g/mol. The second-order valence-corrected chi connectivity index (χ2v) is 7.33. The van der Waals surface area contributed by atoms with Crippen molar-refractivity contribution in [1.82, 2.24) is 15.3 Å². The number of carbonyl (C=O) groups excluding carboxylic acids is 1. The number of nitrogens with one attached hydrogen (secondary N) is 1. The Kier molecular flexibility index (Phi) is 5.71. The molecular formula is C21H27N5O2. The zero-order valence-electron chi connectivity index (χ0n) is 16.4. The summed E-state index contributed by atoms with van der Waals surface area (Å²) in [5.41, 5.74) is 2.65. The number of aryl methyl sites for hydroxylation is 1. The molecule has 1 amide bonds. The Morgan fingerprint density at radius 3 is 2.71 bits per heavy atom. The van der Waals surface area contributed by atoms with Crippen LogP contribution in [0.3, 0.4) is 0 Å². The fourth-order valence-corrected chi connectivity index (χ4v) is 3.81. The minimum Gasteiger partial charge on any atom is -0.378 e. The summed E-state index contributed by atoms with van der Waals surface area (Å²) in [6.45, 7) is 7.41. The highest BCUT2D eigenvalue weighted by atomic mass is 16.5. The number of carbonyl (C=O) groups is 1. The fourth-order valence-electron chi connectivity index (χ4n) is 3.81. The van der Waals surface area contributed by atoms with Gasteiger partial charge in [-0.2, -0.15) is 0 Å². The maximum atomic E-state index is 12.9. The number of pyridine rings is 2. The lowest BCUT2D eigenvalue weighted by molar-refractivity contribution is 0.0949. The first-order chi connectivity index (χ1) is 13.7. The molecule has 0 spiro atoms. The molecule has 0 aromatic carbocycles. The lowest BCUT2D eigenvalue weighted by atomic mass is 10.2. The number of anilines is 2. The number of aromatic nitrogens is 2. The summed E-state index contributed by atoms with van der Waals surface area (Å²) in [4.78, 5) is 26.4. The van der Waals surface area contributed by atoms with Crippen LogP contribution in [0.4, 0.5) is 11.6 Å². The average Bonchev–Trinajstić information content (AvgIpc) is 3.27. The molecule has 2 saturated heterocycles. The van der Waals surface area contributed by atoms with Gasteiger partial charge < -0.3 is 19.9 Å². The highest BCUT2D eigenvalue weighted by Gasteiger charge is 2.20. The van der Waals surface area contributed by atoms with Crippen molar-refractivity contribution in [2.45, 2.75) is 26.3 Å². The van der Waals surface area contributed by atoms with Gasteiger partial charge in [0.05, 0.1) is 18.8 Å². The van der Waals surface area contributed by atoms with Gasteiger partial charge in [0, 0.05) is 44.6 Å². The number of ether oxygens (including phenoxy) is 1. The molecule has 2 aliphatic rings. The molecule has 4 heterocycles. The molecule has 0 bridgehead atoms. The van der Waals surface area contributed by atoms with Crippen LogP contribution in [-0.2, 0) is 11.3 Å². The van der Waals surface area contributed by atoms with Crippen molar-refractivity contribution in [3.05, 3.63) is 47.3 Å². The number of amides is 1. The molecule has 7 nitrogen and oxygen atoms in total. The molecule has 2 aromatic rings. The summed E-state index contributed by atoms with van der Waals surface area (Å²) in [7, 11) is 0. The highest BCUT2D eigenvalue weighted by molar-refractivity contribution is 5.98. The Bertz CT molecular complexity index is 829. The van der Waals surface area contributed by atoms with Crippen molar-refractivity contribution >= 4 is 17.5 Å². The second kappa shape index (κ2) is 8.56. The van der Waals surface area contributed by atoms with E-state index in [4.69, 9.17) is 4.74 Å². The topological polar surface area (TPSA) is 70.6 Å². The molecule has 2 fully saturated rings. The molecule has 0 aliphatic carbocycles. The van der Waals surface area contributed by atoms with Crippen molar-refractivity contribution in [1.29, 1.82) is 0 Å². The van der Waals surface area contributed by atoms with Crippen LogP contribution in [0.15, 0.2) is 30.5 Å². The monoisotopic (exact) mass is 381 g/mol. The van der Waals surface area contributed by atoms with Crippen LogP contribution in [-0.4, -0.2) is 55.3 Å². The van der Waals surface area contributed by atoms with E-state index in [0.717, 1.165) is 49.1 Å². The maximum absolute atomic E-state index is 12.9. The molecule has 28 heavy (non-hydrogen) atoms. The smallest absolute Gasteiger partial charge is 0.255 e. The van der Waals surface area contributed by atoms with Gasteiger partial charge in [-0.05, 0) is 49.6 Å². The summed E-state index contributed by atoms with van der Waals surface area (Å²) < 4.78 is 5.41. The van der Waals surface area contributed by atoms with E-state index in [1.54, 1.807) is 12.3 Å². The van der Waals surface area contributed by atoms with Crippen LogP contribution < -0.4 is 15.1 Å². The first-order valence-corrected chi connectivity index (χ1v) is 9.99. The molecule has 0 unspecified atom stereocenters. The summed E-state index contributed by atoms with van der Waals surface area (Å²) in [5, 5.41) is 3.06. The SMILES string of the molecule is Cc1cc(CNC(=O)c2cccnc2N2CCOCC2)cc(N2CCCC2)n1. The molecule has 2 aromatic heterocycles. The minimum absolute atomic E-state index is 0.105. The van der Waals surface area contributed by atoms with E-state index in [0.29, 0.717) is 25.3 Å². The Hall–Kier alpha value is -2.67. The van der Waals surface area contributed by atoms with E-state index < -0.39 is 0 Å². The van der Waals surface area contributed by atoms with Gasteiger partial charge in [0.25, 0.3) is 5.91 Å². The van der Waals surface area contributed by atoms with E-state index >= 15 is 0 Å². The standard InChI is InChI=1S/C21H27N5O2/c1-16-13-17(14-19(24-16)25-7-2-3-8-25)15-23-21(27)18-5-4-6-22-20(18)26-9-11-28-12-10-26/h4-6,13-14H,2-3,7-12,15H2,1H3,(H,23,27). The molecule has 1 N–H and O–H groups in total. The third kappa shape index (κ3) is 4.25. The summed E-state index contributed by atoms with van der Waals surface area (Å²) in [6.07, 6.45) is 4.16. The number of nitrogens with zero attached hydrogens (tertiary/aromatic N) is 4. The lowest BCUT2D eigenvalue weighted by Crippen LogP contribution is -2.38. The number of morpholine rings is 1. The van der Waals surface area contributed by atoms with Gasteiger partial charge in [-0.15, -0.1) is 0 Å². The van der Waals surface area contributed by atoms with E-state index in [1.165, 1.54) is 12.8 Å². The molecule has 4 rings (SSSR count). The lowest BCUT2D eigenvalue weighted by Gasteiger charge is -2.29. The summed E-state index contributed by atoms with van der Waals surface area (Å²) in [6, 6.07) is 7.76. The molecule has 7 heteroatoms. The largest absolute Gasteiger partial charge is 0.378 e. The predicted molar refractivity (Wildman–Crippen MR) is 109 cm³/mol. The van der Waals surface area contributed by atoms with E-state index in [9.17, 15) is 4.79 Å². The second-order valence-electron chi connectivity index (χ2n) is 7.33. The van der Waals surface area contributed by atoms with Crippen LogP contribution in [0.5, 0.6) is 0 Å². The predicted octanol–water partition coefficient (Wildman–Crippen LogP) is 2.15. The van der Waals surface area contributed by atoms with E-state index in [-0.39, 0.29) is 5.91 Å². The van der Waals surface area contributed by atoms with Crippen LogP contribution >= 0.6 is 0 Å². The van der Waals surface area contributed by atoms with Gasteiger partial charge in [0.15, 0.2) is 0 Å². The zero-order valence-corrected chi connectivity index (χ0v) is 16.4. The van der Waals surface area contributed by atoms with Crippen LogP contribution in [0.2, 0.25) is 0 Å². The Morgan fingerprint density at radius 1 is 1.14 bits per heavy atom. The highest BCUT2D eigenvalue weighted by Crippen LogP contribution is 2.21. The summed E-state index contributed by atoms with van der Waals surface area (Å²) in [5.74, 6) is 1.64. The van der Waals surface area contributed by atoms with Crippen molar-refractivity contribution in [2.24, 2.45) is 0 Å². The zero-order chi connectivity index (χ0) is 19.3. The van der Waals surface area contributed by atoms with E-state index in [1.807, 2.05) is 19.1 Å². The third-order valence-corrected chi connectivity index (χ3v) is 5.22. The molecule has 2 aliphatic heterocycles. The van der Waals surface area contributed by atoms with Crippen LogP contribution in [0.25, 0.3) is 0 Å². The maximum Gasteiger partial charge on any atom is 0.255 e. The minimum atomic E-state index is -0.105. The number of hydrogen-bond donors (Lipinski definition) is 1. The van der Waals surface area contributed by atoms with Gasteiger partial charge in [-0.25, -0.2) is 9.97 Å². The van der Waals surface area contributed by atoms with Gasteiger partial charge in [-0.3, -0.25) is 4.79 Å². The third-order valence-electron chi connectivity index (χ3n) is 5.22. The average molecular weight is 381 g/mol. The summed E-state index contributed by atoms with van der Waals surface area (Å²) >= 11 is 0. The van der Waals surface area contributed by atoms with Gasteiger partial charge in [0.2, 0.25) is 0 Å². The van der Waals surface area contributed by atoms with Crippen molar-refractivity contribution in [3.63, 3.8) is 0 Å². The first-order valence-electron chi connectivity index (χ1n) is 9.99. The quantitative estimate of drug-likeness (QED) is 0.856. The Balaban J connectivity index is 1.46. The van der Waals surface area contributed by atoms with Gasteiger partial charge in [0.1, 0.15) is 11.6 Å². The molecule has 0 radical (unpaired) electrons. The fraction of sp³-hybridized carbons (Fsp3) is 0.476. The van der Waals surface area contributed by atoms with Gasteiger partial charge in [-0.1, -0.05) is 0 Å². The normalized spacial score (nSPS) is 17.0. The molecule has 148 valence electrons.